The van der Waals surface area contributed by atoms with Gasteiger partial charge in [-0.15, -0.1) is 11.3 Å². The highest BCUT2D eigenvalue weighted by Crippen LogP contribution is 2.30. The summed E-state index contributed by atoms with van der Waals surface area (Å²) < 4.78 is 0. The third-order valence-electron chi connectivity index (χ3n) is 3.76. The van der Waals surface area contributed by atoms with E-state index in [9.17, 15) is 9.59 Å². The Morgan fingerprint density at radius 3 is 2.67 bits per heavy atom. The number of hydrogen-bond acceptors (Lipinski definition) is 4. The predicted octanol–water partition coefficient (Wildman–Crippen LogP) is 3.85. The molecule has 1 saturated heterocycles. The maximum absolute atomic E-state index is 12.9. The summed E-state index contributed by atoms with van der Waals surface area (Å²) in [4.78, 5) is 27.3. The van der Waals surface area contributed by atoms with Gasteiger partial charge in [-0.25, -0.2) is 0 Å². The van der Waals surface area contributed by atoms with Gasteiger partial charge in [0.15, 0.2) is 5.11 Å². The lowest BCUT2D eigenvalue weighted by Crippen LogP contribution is -2.54. The number of thiophene rings is 1. The molecule has 24 heavy (non-hydrogen) atoms. The molecule has 2 amide bonds. The molecule has 3 rings (SSSR count). The second-order valence-electron chi connectivity index (χ2n) is 5.31. The van der Waals surface area contributed by atoms with E-state index in [1.54, 1.807) is 31.2 Å². The number of nitrogens with zero attached hydrogens (tertiary/aromatic N) is 1. The predicted molar refractivity (Wildman–Crippen MR) is 101 cm³/mol. The number of amides is 2. The zero-order chi connectivity index (χ0) is 17.4. The number of carbonyl (C=O) groups is 2. The zero-order valence-corrected chi connectivity index (χ0v) is 15.3. The van der Waals surface area contributed by atoms with Crippen LogP contribution in [0.2, 0.25) is 5.02 Å². The van der Waals surface area contributed by atoms with Gasteiger partial charge in [0.2, 0.25) is 0 Å². The SMILES string of the molecule is Cc1ccsc1/C=C1\C(=O)NC(=S)N(c2cccc(Cl)c2C)C1=O. The van der Waals surface area contributed by atoms with Crippen LogP contribution in [-0.2, 0) is 9.59 Å². The normalized spacial score (nSPS) is 16.7. The van der Waals surface area contributed by atoms with Gasteiger partial charge in [-0.1, -0.05) is 17.7 Å². The summed E-state index contributed by atoms with van der Waals surface area (Å²) >= 11 is 12.8. The van der Waals surface area contributed by atoms with Crippen LogP contribution in [-0.4, -0.2) is 16.9 Å². The van der Waals surface area contributed by atoms with Gasteiger partial charge in [0, 0.05) is 9.90 Å². The second kappa shape index (κ2) is 6.47. The average molecular weight is 377 g/mol. The summed E-state index contributed by atoms with van der Waals surface area (Å²) in [6, 6.07) is 7.16. The number of nitrogens with one attached hydrogen (secondary N) is 1. The zero-order valence-electron chi connectivity index (χ0n) is 12.9. The average Bonchev–Trinajstić information content (AvgIpc) is 2.93. The molecule has 4 nitrogen and oxygen atoms in total. The maximum Gasteiger partial charge on any atom is 0.270 e. The fourth-order valence-corrected chi connectivity index (χ4v) is 3.68. The van der Waals surface area contributed by atoms with Crippen molar-refractivity contribution in [2.24, 2.45) is 0 Å². The van der Waals surface area contributed by atoms with E-state index in [1.165, 1.54) is 16.2 Å². The minimum absolute atomic E-state index is 0.0496. The van der Waals surface area contributed by atoms with Gasteiger partial charge in [-0.05, 0) is 66.8 Å². The fourth-order valence-electron chi connectivity index (χ4n) is 2.38. The van der Waals surface area contributed by atoms with Crippen LogP contribution in [0.5, 0.6) is 0 Å². The number of anilines is 1. The maximum atomic E-state index is 12.9. The Hall–Kier alpha value is -2.02. The molecule has 1 fully saturated rings. The molecule has 2 heterocycles. The van der Waals surface area contributed by atoms with Crippen LogP contribution in [0.15, 0.2) is 35.2 Å². The van der Waals surface area contributed by atoms with Crippen LogP contribution in [0.3, 0.4) is 0 Å². The Morgan fingerprint density at radius 1 is 1.25 bits per heavy atom. The molecule has 1 aliphatic heterocycles. The highest BCUT2D eigenvalue weighted by atomic mass is 35.5. The first-order valence-electron chi connectivity index (χ1n) is 7.11. The van der Waals surface area contributed by atoms with Crippen molar-refractivity contribution >= 4 is 63.8 Å². The van der Waals surface area contributed by atoms with E-state index in [0.29, 0.717) is 10.7 Å². The molecule has 1 aromatic heterocycles. The summed E-state index contributed by atoms with van der Waals surface area (Å²) in [5, 5.41) is 5.07. The van der Waals surface area contributed by atoms with E-state index in [2.05, 4.69) is 5.32 Å². The van der Waals surface area contributed by atoms with E-state index in [4.69, 9.17) is 23.8 Å². The molecule has 1 N–H and O–H groups in total. The standard InChI is InChI=1S/C17H13ClN2O2S2/c1-9-6-7-24-14(9)8-11-15(21)19-17(23)20(16(11)22)13-5-3-4-12(18)10(13)2/h3-8H,1-2H3,(H,19,21,23)/b11-8+. The van der Waals surface area contributed by atoms with Gasteiger partial charge in [0.1, 0.15) is 5.57 Å². The van der Waals surface area contributed by atoms with E-state index in [1.807, 2.05) is 18.4 Å². The number of aryl methyl sites for hydroxylation is 1. The summed E-state index contributed by atoms with van der Waals surface area (Å²) in [5.41, 5.74) is 2.34. The molecule has 2 aromatic rings. The Morgan fingerprint density at radius 2 is 2.00 bits per heavy atom. The highest BCUT2D eigenvalue weighted by Gasteiger charge is 2.35. The van der Waals surface area contributed by atoms with E-state index < -0.39 is 11.8 Å². The quantitative estimate of drug-likeness (QED) is 0.492. The fraction of sp³-hybridized carbons (Fsp3) is 0.118. The van der Waals surface area contributed by atoms with Crippen molar-refractivity contribution in [2.45, 2.75) is 13.8 Å². The number of rotatable bonds is 2. The first kappa shape index (κ1) is 16.8. The topological polar surface area (TPSA) is 49.4 Å². The molecule has 0 atom stereocenters. The van der Waals surface area contributed by atoms with Crippen LogP contribution in [0.25, 0.3) is 6.08 Å². The summed E-state index contributed by atoms with van der Waals surface area (Å²) in [6.45, 7) is 3.73. The largest absolute Gasteiger partial charge is 0.298 e. The molecule has 122 valence electrons. The third-order valence-corrected chi connectivity index (χ3v) is 5.42. The van der Waals surface area contributed by atoms with Crippen LogP contribution in [0, 0.1) is 13.8 Å². The Bertz CT molecular complexity index is 902. The van der Waals surface area contributed by atoms with Crippen LogP contribution >= 0.6 is 35.2 Å². The van der Waals surface area contributed by atoms with Crippen molar-refractivity contribution in [3.63, 3.8) is 0 Å². The van der Waals surface area contributed by atoms with Crippen LogP contribution in [0.1, 0.15) is 16.0 Å². The van der Waals surface area contributed by atoms with Gasteiger partial charge in [-0.3, -0.25) is 19.8 Å². The minimum atomic E-state index is -0.492. The molecule has 0 spiro atoms. The van der Waals surface area contributed by atoms with Crippen molar-refractivity contribution in [1.29, 1.82) is 0 Å². The lowest BCUT2D eigenvalue weighted by Gasteiger charge is -2.30. The Balaban J connectivity index is 2.09. The van der Waals surface area contributed by atoms with Crippen LogP contribution < -0.4 is 10.2 Å². The molecule has 1 aromatic carbocycles. The highest BCUT2D eigenvalue weighted by molar-refractivity contribution is 7.80. The molecule has 0 unspecified atom stereocenters. The molecule has 0 saturated carbocycles. The summed E-state index contributed by atoms with van der Waals surface area (Å²) in [6.07, 6.45) is 1.60. The third kappa shape index (κ3) is 2.88. The van der Waals surface area contributed by atoms with Gasteiger partial charge >= 0.3 is 0 Å². The molecule has 0 radical (unpaired) electrons. The molecular formula is C17H13ClN2O2S2. The van der Waals surface area contributed by atoms with E-state index in [0.717, 1.165) is 16.0 Å². The number of halogens is 1. The first-order valence-corrected chi connectivity index (χ1v) is 8.77. The summed E-state index contributed by atoms with van der Waals surface area (Å²) in [7, 11) is 0. The van der Waals surface area contributed by atoms with Crippen molar-refractivity contribution in [3.05, 3.63) is 56.2 Å². The van der Waals surface area contributed by atoms with E-state index >= 15 is 0 Å². The smallest absolute Gasteiger partial charge is 0.270 e. The minimum Gasteiger partial charge on any atom is -0.298 e. The van der Waals surface area contributed by atoms with Gasteiger partial charge in [0.05, 0.1) is 5.69 Å². The molecule has 7 heteroatoms. The van der Waals surface area contributed by atoms with Crippen molar-refractivity contribution < 1.29 is 9.59 Å². The lowest BCUT2D eigenvalue weighted by molar-refractivity contribution is -0.122. The van der Waals surface area contributed by atoms with Gasteiger partial charge in [-0.2, -0.15) is 0 Å². The van der Waals surface area contributed by atoms with Gasteiger partial charge in [0.25, 0.3) is 11.8 Å². The molecule has 1 aliphatic rings. The van der Waals surface area contributed by atoms with E-state index in [-0.39, 0.29) is 10.7 Å². The second-order valence-corrected chi connectivity index (χ2v) is 7.05. The van der Waals surface area contributed by atoms with Crippen LogP contribution in [0.4, 0.5) is 5.69 Å². The number of benzene rings is 1. The summed E-state index contributed by atoms with van der Waals surface area (Å²) in [5.74, 6) is -0.948. The number of hydrogen-bond donors (Lipinski definition) is 1. The molecular weight excluding hydrogens is 364 g/mol. The van der Waals surface area contributed by atoms with Crippen molar-refractivity contribution in [1.82, 2.24) is 5.32 Å². The Labute approximate surface area is 153 Å². The van der Waals surface area contributed by atoms with Crippen molar-refractivity contribution in [3.8, 4) is 0 Å². The van der Waals surface area contributed by atoms with Gasteiger partial charge < -0.3 is 0 Å². The molecule has 0 bridgehead atoms. The van der Waals surface area contributed by atoms with Crippen molar-refractivity contribution in [2.75, 3.05) is 4.90 Å². The Kier molecular flexibility index (Phi) is 4.54. The number of thiocarbonyl (C=S) groups is 1. The first-order chi connectivity index (χ1) is 11.4. The monoisotopic (exact) mass is 376 g/mol. The lowest BCUT2D eigenvalue weighted by atomic mass is 10.1. The number of carbonyl (C=O) groups excluding carboxylic acids is 2. The molecule has 0 aliphatic carbocycles.